The molecular formula is C46H30. The van der Waals surface area contributed by atoms with E-state index >= 15 is 0 Å². The maximum Gasteiger partial charge on any atom is -0.00201 e. The van der Waals surface area contributed by atoms with E-state index in [1.54, 1.807) is 0 Å². The van der Waals surface area contributed by atoms with E-state index in [-0.39, 0.29) is 0 Å². The quantitative estimate of drug-likeness (QED) is 0.181. The molecule has 0 aliphatic heterocycles. The van der Waals surface area contributed by atoms with Gasteiger partial charge in [0.15, 0.2) is 0 Å². The average molecular weight is 583 g/mol. The smallest absolute Gasteiger partial charge is 0.00201 e. The van der Waals surface area contributed by atoms with Crippen molar-refractivity contribution in [3.8, 4) is 44.5 Å². The molecule has 0 spiro atoms. The molecule has 0 saturated heterocycles. The van der Waals surface area contributed by atoms with Gasteiger partial charge in [0, 0.05) is 0 Å². The van der Waals surface area contributed by atoms with E-state index in [0.29, 0.717) is 0 Å². The molecule has 0 heterocycles. The van der Waals surface area contributed by atoms with Crippen molar-refractivity contribution >= 4 is 43.1 Å². The molecule has 9 rings (SSSR count). The van der Waals surface area contributed by atoms with E-state index in [1.165, 1.54) is 87.6 Å². The van der Waals surface area contributed by atoms with Crippen molar-refractivity contribution in [1.29, 1.82) is 0 Å². The van der Waals surface area contributed by atoms with Gasteiger partial charge in [0.05, 0.1) is 0 Å². The van der Waals surface area contributed by atoms with Gasteiger partial charge in [-0.25, -0.2) is 0 Å². The van der Waals surface area contributed by atoms with Gasteiger partial charge < -0.3 is 0 Å². The molecule has 0 aromatic heterocycles. The van der Waals surface area contributed by atoms with Crippen LogP contribution in [0.5, 0.6) is 0 Å². The lowest BCUT2D eigenvalue weighted by Gasteiger charge is -2.20. The molecule has 9 aromatic carbocycles. The normalized spacial score (nSPS) is 11.5. The average Bonchev–Trinajstić information content (AvgIpc) is 3.14. The number of hydrogen-bond acceptors (Lipinski definition) is 0. The van der Waals surface area contributed by atoms with Gasteiger partial charge >= 0.3 is 0 Å². The fraction of sp³-hybridized carbons (Fsp3) is 0. The molecule has 0 aliphatic rings. The van der Waals surface area contributed by atoms with Crippen LogP contribution >= 0.6 is 0 Å². The van der Waals surface area contributed by atoms with Crippen LogP contribution in [0.25, 0.3) is 87.6 Å². The highest BCUT2D eigenvalue weighted by atomic mass is 14.2. The Bertz CT molecular complexity index is 2500. The summed E-state index contributed by atoms with van der Waals surface area (Å²) in [5.74, 6) is 0. The standard InChI is InChI=1S/C46H30/c1-3-15-31(16-4-1)34-27-13-19-33-20-14-28-38(44(33)34)37-29-30-43(36-22-8-7-21-35(36)37)46-41-25-11-9-23-39(41)45(32-17-5-2-6-18-32)40-24-10-12-26-42(40)46/h1-30H. The molecule has 0 aliphatic carbocycles. The first-order valence-electron chi connectivity index (χ1n) is 16.0. The zero-order valence-corrected chi connectivity index (χ0v) is 25.3. The van der Waals surface area contributed by atoms with Crippen LogP contribution in [0.2, 0.25) is 0 Å². The van der Waals surface area contributed by atoms with Crippen LogP contribution in [-0.4, -0.2) is 0 Å². The minimum Gasteiger partial charge on any atom is -0.0622 e. The minimum atomic E-state index is 1.23. The number of fused-ring (bicyclic) bond motifs is 4. The molecule has 0 N–H and O–H groups in total. The molecule has 0 saturated carbocycles. The summed E-state index contributed by atoms with van der Waals surface area (Å²) in [6, 6.07) is 66.4. The molecule has 0 unspecified atom stereocenters. The number of hydrogen-bond donors (Lipinski definition) is 0. The first kappa shape index (κ1) is 26.4. The second-order valence-corrected chi connectivity index (χ2v) is 12.0. The fourth-order valence-electron chi connectivity index (χ4n) is 7.51. The van der Waals surface area contributed by atoms with E-state index in [0.717, 1.165) is 0 Å². The summed E-state index contributed by atoms with van der Waals surface area (Å²) in [7, 11) is 0. The summed E-state index contributed by atoms with van der Waals surface area (Å²) >= 11 is 0. The first-order chi connectivity index (χ1) is 22.9. The molecule has 0 fully saturated rings. The third-order valence-corrected chi connectivity index (χ3v) is 9.47. The lowest BCUT2D eigenvalue weighted by molar-refractivity contribution is 1.64. The summed E-state index contributed by atoms with van der Waals surface area (Å²) in [6.07, 6.45) is 0. The van der Waals surface area contributed by atoms with Crippen LogP contribution in [0.3, 0.4) is 0 Å². The van der Waals surface area contributed by atoms with Gasteiger partial charge in [-0.1, -0.05) is 182 Å². The van der Waals surface area contributed by atoms with Gasteiger partial charge in [-0.3, -0.25) is 0 Å². The Morgan fingerprint density at radius 3 is 1.24 bits per heavy atom. The minimum absolute atomic E-state index is 1.23. The molecule has 0 amide bonds. The van der Waals surface area contributed by atoms with E-state index in [2.05, 4.69) is 182 Å². The maximum absolute atomic E-state index is 2.36. The molecule has 0 nitrogen and oxygen atoms in total. The van der Waals surface area contributed by atoms with Crippen LogP contribution in [0.1, 0.15) is 0 Å². The van der Waals surface area contributed by atoms with Crippen molar-refractivity contribution in [3.05, 3.63) is 182 Å². The van der Waals surface area contributed by atoms with Crippen LogP contribution in [0.4, 0.5) is 0 Å². The van der Waals surface area contributed by atoms with Crippen LogP contribution in [0.15, 0.2) is 182 Å². The van der Waals surface area contributed by atoms with Crippen molar-refractivity contribution < 1.29 is 0 Å². The molecule has 0 heteroatoms. The molecule has 0 radical (unpaired) electrons. The van der Waals surface area contributed by atoms with Crippen molar-refractivity contribution in [2.45, 2.75) is 0 Å². The highest BCUT2D eigenvalue weighted by Crippen LogP contribution is 2.47. The molecule has 9 aromatic rings. The Morgan fingerprint density at radius 2 is 0.652 bits per heavy atom. The van der Waals surface area contributed by atoms with Gasteiger partial charge in [0.1, 0.15) is 0 Å². The van der Waals surface area contributed by atoms with Gasteiger partial charge in [0.25, 0.3) is 0 Å². The number of benzene rings is 9. The third kappa shape index (κ3) is 4.15. The lowest BCUT2D eigenvalue weighted by atomic mass is 9.83. The van der Waals surface area contributed by atoms with Crippen molar-refractivity contribution in [3.63, 3.8) is 0 Å². The second-order valence-electron chi connectivity index (χ2n) is 12.0. The fourth-order valence-corrected chi connectivity index (χ4v) is 7.51. The largest absolute Gasteiger partial charge is 0.0622 e. The predicted octanol–water partition coefficient (Wildman–Crippen LogP) is 13.0. The zero-order chi connectivity index (χ0) is 30.5. The van der Waals surface area contributed by atoms with E-state index < -0.39 is 0 Å². The zero-order valence-electron chi connectivity index (χ0n) is 25.3. The van der Waals surface area contributed by atoms with Crippen molar-refractivity contribution in [1.82, 2.24) is 0 Å². The van der Waals surface area contributed by atoms with Crippen LogP contribution in [-0.2, 0) is 0 Å². The van der Waals surface area contributed by atoms with Gasteiger partial charge in [-0.2, -0.15) is 0 Å². The summed E-state index contributed by atoms with van der Waals surface area (Å²) in [6.45, 7) is 0. The molecular weight excluding hydrogens is 553 g/mol. The highest BCUT2D eigenvalue weighted by Gasteiger charge is 2.19. The Balaban J connectivity index is 1.36. The maximum atomic E-state index is 2.36. The van der Waals surface area contributed by atoms with E-state index in [9.17, 15) is 0 Å². The lowest BCUT2D eigenvalue weighted by Crippen LogP contribution is -1.93. The van der Waals surface area contributed by atoms with Gasteiger partial charge in [-0.05, 0) is 87.6 Å². The second kappa shape index (κ2) is 10.9. The van der Waals surface area contributed by atoms with Gasteiger partial charge in [0.2, 0.25) is 0 Å². The Kier molecular flexibility index (Phi) is 6.25. The van der Waals surface area contributed by atoms with E-state index in [4.69, 9.17) is 0 Å². The highest BCUT2D eigenvalue weighted by molar-refractivity contribution is 6.24. The van der Waals surface area contributed by atoms with Crippen LogP contribution < -0.4 is 0 Å². The Morgan fingerprint density at radius 1 is 0.217 bits per heavy atom. The SMILES string of the molecule is c1ccc(-c2c3ccccc3c(-c3ccc(-c4cccc5cccc(-c6ccccc6)c45)c4ccccc34)c3ccccc23)cc1. The molecule has 0 bridgehead atoms. The van der Waals surface area contributed by atoms with Crippen molar-refractivity contribution in [2.24, 2.45) is 0 Å². The summed E-state index contributed by atoms with van der Waals surface area (Å²) in [5, 5.41) is 10.2. The summed E-state index contributed by atoms with van der Waals surface area (Å²) < 4.78 is 0. The summed E-state index contributed by atoms with van der Waals surface area (Å²) in [4.78, 5) is 0. The Hall–Kier alpha value is -5.98. The topological polar surface area (TPSA) is 0 Å². The van der Waals surface area contributed by atoms with Crippen LogP contribution in [0, 0.1) is 0 Å². The first-order valence-corrected chi connectivity index (χ1v) is 16.0. The van der Waals surface area contributed by atoms with Gasteiger partial charge in [-0.15, -0.1) is 0 Å². The number of rotatable bonds is 4. The molecule has 214 valence electrons. The Labute approximate surface area is 268 Å². The molecule has 0 atom stereocenters. The third-order valence-electron chi connectivity index (χ3n) is 9.47. The monoisotopic (exact) mass is 582 g/mol. The molecule has 46 heavy (non-hydrogen) atoms. The van der Waals surface area contributed by atoms with Crippen molar-refractivity contribution in [2.75, 3.05) is 0 Å². The van der Waals surface area contributed by atoms with E-state index in [1.807, 2.05) is 0 Å². The predicted molar refractivity (Wildman–Crippen MR) is 198 cm³/mol. The summed E-state index contributed by atoms with van der Waals surface area (Å²) in [5.41, 5.74) is 10.1.